The van der Waals surface area contributed by atoms with Gasteiger partial charge in [-0.3, -0.25) is 4.90 Å². The summed E-state index contributed by atoms with van der Waals surface area (Å²) in [5.74, 6) is 0. The van der Waals surface area contributed by atoms with Gasteiger partial charge in [-0.1, -0.05) is 11.8 Å². The van der Waals surface area contributed by atoms with Crippen LogP contribution in [0.15, 0.2) is 10.6 Å². The van der Waals surface area contributed by atoms with Gasteiger partial charge in [0.2, 0.25) is 0 Å². The van der Waals surface area contributed by atoms with Crippen LogP contribution in [0.4, 0.5) is 4.79 Å². The fraction of sp³-hybridized carbons (Fsp3) is 0.750. The summed E-state index contributed by atoms with van der Waals surface area (Å²) in [7, 11) is 1.74. The number of likely N-dealkylation sites (N-methyl/N-ethyl adjacent to an activating group) is 1. The van der Waals surface area contributed by atoms with Gasteiger partial charge in [0.25, 0.3) is 0 Å². The molecule has 0 aromatic carbocycles. The summed E-state index contributed by atoms with van der Waals surface area (Å²) in [6.07, 6.45) is -1.21. The SMILES string of the molecule is CN1C2=C(SC1O)C(O)CN(C(=O)OC(C)(C)C)C2. The largest absolute Gasteiger partial charge is 0.444 e. The zero-order valence-corrected chi connectivity index (χ0v) is 12.4. The average Bonchev–Trinajstić information content (AvgIpc) is 2.54. The predicted molar refractivity (Wildman–Crippen MR) is 72.2 cm³/mol. The molecule has 0 saturated heterocycles. The number of hydrogen-bond donors (Lipinski definition) is 2. The van der Waals surface area contributed by atoms with Crippen LogP contribution in [0.2, 0.25) is 0 Å². The second kappa shape index (κ2) is 4.88. The molecule has 1 amide bonds. The minimum Gasteiger partial charge on any atom is -0.444 e. The molecule has 7 heteroatoms. The Kier molecular flexibility index (Phi) is 3.72. The molecule has 0 fully saturated rings. The molecule has 2 N–H and O–H groups in total. The maximum atomic E-state index is 12.0. The van der Waals surface area contributed by atoms with E-state index in [9.17, 15) is 15.0 Å². The van der Waals surface area contributed by atoms with Crippen LogP contribution in [-0.4, -0.2) is 63.5 Å². The standard InChI is InChI=1S/C12H20N2O4S/c1-12(2,3)18-10(16)14-5-7-9(8(15)6-14)19-11(17)13(7)4/h8,11,15,17H,5-6H2,1-4H3. The number of rotatable bonds is 0. The molecule has 0 aromatic rings. The first kappa shape index (κ1) is 14.5. The lowest BCUT2D eigenvalue weighted by Gasteiger charge is -2.34. The van der Waals surface area contributed by atoms with Crippen molar-refractivity contribution in [2.75, 3.05) is 20.1 Å². The van der Waals surface area contributed by atoms with Gasteiger partial charge >= 0.3 is 6.09 Å². The zero-order valence-electron chi connectivity index (χ0n) is 11.6. The minimum absolute atomic E-state index is 0.196. The molecule has 6 nitrogen and oxygen atoms in total. The monoisotopic (exact) mass is 288 g/mol. The Morgan fingerprint density at radius 1 is 1.42 bits per heavy atom. The smallest absolute Gasteiger partial charge is 0.410 e. The summed E-state index contributed by atoms with van der Waals surface area (Å²) >= 11 is 1.22. The number of carbonyl (C=O) groups is 1. The van der Waals surface area contributed by atoms with Gasteiger partial charge in [0.15, 0.2) is 5.56 Å². The van der Waals surface area contributed by atoms with Gasteiger partial charge in [-0.2, -0.15) is 0 Å². The van der Waals surface area contributed by atoms with E-state index in [2.05, 4.69) is 0 Å². The highest BCUT2D eigenvalue weighted by Crippen LogP contribution is 2.40. The Bertz CT molecular complexity index is 418. The minimum atomic E-state index is -0.763. The molecular weight excluding hydrogens is 268 g/mol. The quantitative estimate of drug-likeness (QED) is 0.686. The molecule has 0 saturated carbocycles. The Morgan fingerprint density at radius 2 is 2.05 bits per heavy atom. The average molecular weight is 288 g/mol. The van der Waals surface area contributed by atoms with Crippen LogP contribution in [-0.2, 0) is 4.74 Å². The lowest BCUT2D eigenvalue weighted by atomic mass is 10.1. The maximum absolute atomic E-state index is 12.0. The topological polar surface area (TPSA) is 73.2 Å². The van der Waals surface area contributed by atoms with Crippen LogP contribution < -0.4 is 0 Å². The maximum Gasteiger partial charge on any atom is 0.410 e. The van der Waals surface area contributed by atoms with E-state index in [4.69, 9.17) is 4.74 Å². The van der Waals surface area contributed by atoms with Crippen LogP contribution in [0, 0.1) is 0 Å². The number of hydrogen-bond acceptors (Lipinski definition) is 6. The zero-order chi connectivity index (χ0) is 14.4. The molecule has 2 unspecified atom stereocenters. The molecule has 2 aliphatic heterocycles. The Morgan fingerprint density at radius 3 is 2.63 bits per heavy atom. The molecule has 2 aliphatic rings. The molecule has 2 heterocycles. The third-order valence-electron chi connectivity index (χ3n) is 2.96. The van der Waals surface area contributed by atoms with E-state index in [1.807, 2.05) is 0 Å². The highest BCUT2D eigenvalue weighted by atomic mass is 32.2. The van der Waals surface area contributed by atoms with Crippen molar-refractivity contribution < 1.29 is 19.7 Å². The Labute approximate surface area is 117 Å². The number of aliphatic hydroxyl groups is 2. The molecular formula is C12H20N2O4S. The number of β-amino-alcohol motifs (C(OH)–C–C–N with tert-alkyl or cyclic N) is 1. The highest BCUT2D eigenvalue weighted by Gasteiger charge is 2.39. The predicted octanol–water partition coefficient (Wildman–Crippen LogP) is 0.764. The molecule has 0 spiro atoms. The first-order valence-electron chi connectivity index (χ1n) is 6.15. The molecule has 19 heavy (non-hydrogen) atoms. The van der Waals surface area contributed by atoms with Crippen molar-refractivity contribution in [3.8, 4) is 0 Å². The van der Waals surface area contributed by atoms with Gasteiger partial charge in [0, 0.05) is 17.6 Å². The number of ether oxygens (including phenoxy) is 1. The lowest BCUT2D eigenvalue weighted by molar-refractivity contribution is 0.0144. The molecule has 0 radical (unpaired) electrons. The first-order chi connectivity index (χ1) is 8.69. The third-order valence-corrected chi connectivity index (χ3v) is 4.25. The summed E-state index contributed by atoms with van der Waals surface area (Å²) < 4.78 is 5.30. The number of thioether (sulfide) groups is 1. The summed E-state index contributed by atoms with van der Waals surface area (Å²) in [5, 5.41) is 19.8. The van der Waals surface area contributed by atoms with Gasteiger partial charge in [-0.15, -0.1) is 0 Å². The fourth-order valence-corrected chi connectivity index (χ4v) is 3.12. The molecule has 2 rings (SSSR count). The van der Waals surface area contributed by atoms with Gasteiger partial charge in [-0.05, 0) is 20.8 Å². The van der Waals surface area contributed by atoms with E-state index in [-0.39, 0.29) is 6.54 Å². The number of carbonyl (C=O) groups excluding carboxylic acids is 1. The normalized spacial score (nSPS) is 27.7. The molecule has 0 bridgehead atoms. The number of aliphatic hydroxyl groups excluding tert-OH is 2. The van der Waals surface area contributed by atoms with E-state index in [1.54, 1.807) is 32.7 Å². The van der Waals surface area contributed by atoms with Gasteiger partial charge in [0.05, 0.1) is 13.1 Å². The van der Waals surface area contributed by atoms with Gasteiger partial charge in [-0.25, -0.2) is 4.79 Å². The Hall–Kier alpha value is -0.920. The van der Waals surface area contributed by atoms with Crippen LogP contribution in [0.1, 0.15) is 20.8 Å². The van der Waals surface area contributed by atoms with Crippen molar-refractivity contribution >= 4 is 17.9 Å². The van der Waals surface area contributed by atoms with Crippen LogP contribution in [0.25, 0.3) is 0 Å². The van der Waals surface area contributed by atoms with Gasteiger partial charge < -0.3 is 19.8 Å². The van der Waals surface area contributed by atoms with Crippen molar-refractivity contribution in [2.24, 2.45) is 0 Å². The summed E-state index contributed by atoms with van der Waals surface area (Å²) in [6, 6.07) is 0. The van der Waals surface area contributed by atoms with Crippen LogP contribution in [0.5, 0.6) is 0 Å². The van der Waals surface area contributed by atoms with Crippen molar-refractivity contribution in [1.29, 1.82) is 0 Å². The Balaban J connectivity index is 2.11. The van der Waals surface area contributed by atoms with E-state index >= 15 is 0 Å². The van der Waals surface area contributed by atoms with Crippen molar-refractivity contribution in [3.63, 3.8) is 0 Å². The van der Waals surface area contributed by atoms with Crippen molar-refractivity contribution in [2.45, 2.75) is 38.0 Å². The summed E-state index contributed by atoms with van der Waals surface area (Å²) in [5.41, 5.74) is -0.479. The number of amides is 1. The fourth-order valence-electron chi connectivity index (χ4n) is 2.03. The second-order valence-electron chi connectivity index (χ2n) is 5.74. The summed E-state index contributed by atoms with van der Waals surface area (Å²) in [6.45, 7) is 5.95. The van der Waals surface area contributed by atoms with Crippen LogP contribution in [0.3, 0.4) is 0 Å². The van der Waals surface area contributed by atoms with E-state index in [0.29, 0.717) is 6.54 Å². The van der Waals surface area contributed by atoms with Gasteiger partial charge in [0.1, 0.15) is 11.7 Å². The molecule has 2 atom stereocenters. The number of nitrogens with zero attached hydrogens (tertiary/aromatic N) is 2. The lowest BCUT2D eigenvalue weighted by Crippen LogP contribution is -2.46. The third kappa shape index (κ3) is 2.98. The van der Waals surface area contributed by atoms with E-state index in [1.165, 1.54) is 16.7 Å². The van der Waals surface area contributed by atoms with Crippen LogP contribution >= 0.6 is 11.8 Å². The highest BCUT2D eigenvalue weighted by molar-refractivity contribution is 8.03. The second-order valence-corrected chi connectivity index (χ2v) is 6.84. The molecule has 0 aliphatic carbocycles. The van der Waals surface area contributed by atoms with E-state index in [0.717, 1.165) is 10.6 Å². The van der Waals surface area contributed by atoms with Crippen molar-refractivity contribution in [3.05, 3.63) is 10.6 Å². The summed E-state index contributed by atoms with van der Waals surface area (Å²) in [4.78, 5) is 15.9. The molecule has 108 valence electrons. The van der Waals surface area contributed by atoms with Crippen molar-refractivity contribution in [1.82, 2.24) is 9.80 Å². The molecule has 0 aromatic heterocycles. The van der Waals surface area contributed by atoms with E-state index < -0.39 is 23.4 Å². The first-order valence-corrected chi connectivity index (χ1v) is 7.03.